The van der Waals surface area contributed by atoms with Crippen LogP contribution in [0.5, 0.6) is 0 Å². The predicted octanol–water partition coefficient (Wildman–Crippen LogP) is 1.90. The molecule has 0 saturated heterocycles. The van der Waals surface area contributed by atoms with Gasteiger partial charge >= 0.3 is 0 Å². The molecule has 0 aromatic carbocycles. The highest BCUT2D eigenvalue weighted by Crippen LogP contribution is 2.00. The molecule has 1 aromatic rings. The second kappa shape index (κ2) is 5.19. The third-order valence-corrected chi connectivity index (χ3v) is 2.01. The lowest BCUT2D eigenvalue weighted by molar-refractivity contribution is 0.595. The number of rotatable bonds is 5. The van der Waals surface area contributed by atoms with Crippen LogP contribution < -0.4 is 5.32 Å². The predicted molar refractivity (Wildman–Crippen MR) is 57.7 cm³/mol. The van der Waals surface area contributed by atoms with Gasteiger partial charge in [-0.15, -0.1) is 0 Å². The van der Waals surface area contributed by atoms with E-state index in [0.717, 1.165) is 24.1 Å². The van der Waals surface area contributed by atoms with Crippen molar-refractivity contribution in [1.82, 2.24) is 15.1 Å². The molecular weight excluding hydrogens is 230 g/mol. The number of nitrogens with one attached hydrogen (secondary N) is 1. The van der Waals surface area contributed by atoms with Gasteiger partial charge in [0.1, 0.15) is 0 Å². The molecule has 0 spiro atoms. The second-order valence-electron chi connectivity index (χ2n) is 2.76. The molecule has 0 fully saturated rings. The number of halogens is 1. The lowest BCUT2D eigenvalue weighted by atomic mass is 10.4. The van der Waals surface area contributed by atoms with E-state index in [-0.39, 0.29) is 0 Å². The number of hydrogen-bond acceptors (Lipinski definition) is 2. The zero-order valence-corrected chi connectivity index (χ0v) is 9.34. The molecule has 3 nitrogen and oxygen atoms in total. The maximum absolute atomic E-state index is 4.17. The molecule has 4 heteroatoms. The van der Waals surface area contributed by atoms with Crippen LogP contribution in [0.3, 0.4) is 0 Å². The van der Waals surface area contributed by atoms with Gasteiger partial charge in [0.25, 0.3) is 0 Å². The molecule has 0 atom stereocenters. The van der Waals surface area contributed by atoms with E-state index in [1.54, 1.807) is 0 Å². The Bertz CT molecular complexity index is 280. The van der Waals surface area contributed by atoms with Gasteiger partial charge < -0.3 is 5.32 Å². The van der Waals surface area contributed by atoms with Crippen molar-refractivity contribution in [3.05, 3.63) is 29.0 Å². The third kappa shape index (κ3) is 3.32. The van der Waals surface area contributed by atoms with Crippen LogP contribution >= 0.6 is 15.9 Å². The fourth-order valence-electron chi connectivity index (χ4n) is 1.12. The number of aromatic nitrogens is 2. The quantitative estimate of drug-likeness (QED) is 0.857. The van der Waals surface area contributed by atoms with Crippen LogP contribution in [0.1, 0.15) is 12.6 Å². The summed E-state index contributed by atoms with van der Waals surface area (Å²) in [5, 5.41) is 7.43. The minimum absolute atomic E-state index is 0.787. The van der Waals surface area contributed by atoms with Crippen LogP contribution in [0.25, 0.3) is 0 Å². The summed E-state index contributed by atoms with van der Waals surface area (Å²) in [7, 11) is 0. The number of hydrogen-bond donors (Lipinski definition) is 1. The molecule has 0 aliphatic rings. The normalized spacial score (nSPS) is 10.3. The molecule has 0 unspecified atom stereocenters. The van der Waals surface area contributed by atoms with Crippen molar-refractivity contribution in [2.75, 3.05) is 6.54 Å². The summed E-state index contributed by atoms with van der Waals surface area (Å²) >= 11 is 3.29. The van der Waals surface area contributed by atoms with Crippen molar-refractivity contribution in [2.45, 2.75) is 20.0 Å². The Hall–Kier alpha value is -0.610. The Labute approximate surface area is 87.0 Å². The van der Waals surface area contributed by atoms with Gasteiger partial charge in [-0.1, -0.05) is 22.5 Å². The van der Waals surface area contributed by atoms with Crippen LogP contribution in [0.15, 0.2) is 23.3 Å². The molecule has 0 amide bonds. The van der Waals surface area contributed by atoms with Crippen molar-refractivity contribution in [2.24, 2.45) is 0 Å². The highest BCUT2D eigenvalue weighted by atomic mass is 79.9. The summed E-state index contributed by atoms with van der Waals surface area (Å²) in [4.78, 5) is 0. The lowest BCUT2D eigenvalue weighted by Gasteiger charge is -2.05. The summed E-state index contributed by atoms with van der Waals surface area (Å²) in [6, 6.07) is 2.02. The highest BCUT2D eigenvalue weighted by Gasteiger charge is 1.98. The molecule has 1 aromatic heterocycles. The SMILES string of the molecule is C=C(Br)CNCc1ccnn1CC. The summed E-state index contributed by atoms with van der Waals surface area (Å²) < 4.78 is 2.94. The lowest BCUT2D eigenvalue weighted by Crippen LogP contribution is -2.17. The molecule has 1 N–H and O–H groups in total. The first-order valence-electron chi connectivity index (χ1n) is 4.28. The monoisotopic (exact) mass is 243 g/mol. The molecule has 13 heavy (non-hydrogen) atoms. The Balaban J connectivity index is 2.40. The highest BCUT2D eigenvalue weighted by molar-refractivity contribution is 9.11. The number of aryl methyl sites for hydroxylation is 1. The Morgan fingerprint density at radius 2 is 2.54 bits per heavy atom. The van der Waals surface area contributed by atoms with Crippen LogP contribution in [0.2, 0.25) is 0 Å². The van der Waals surface area contributed by atoms with E-state index in [1.165, 1.54) is 5.69 Å². The van der Waals surface area contributed by atoms with E-state index >= 15 is 0 Å². The first kappa shape index (κ1) is 10.5. The number of nitrogens with zero attached hydrogens (tertiary/aromatic N) is 2. The van der Waals surface area contributed by atoms with Crippen LogP contribution in [-0.2, 0) is 13.1 Å². The molecule has 0 saturated carbocycles. The van der Waals surface area contributed by atoms with Gasteiger partial charge in [-0.3, -0.25) is 4.68 Å². The van der Waals surface area contributed by atoms with Gasteiger partial charge in [0.2, 0.25) is 0 Å². The first-order valence-corrected chi connectivity index (χ1v) is 5.08. The molecule has 0 aliphatic heterocycles. The van der Waals surface area contributed by atoms with Crippen molar-refractivity contribution < 1.29 is 0 Å². The van der Waals surface area contributed by atoms with Crippen LogP contribution in [-0.4, -0.2) is 16.3 Å². The molecule has 1 heterocycles. The minimum atomic E-state index is 0.787. The minimum Gasteiger partial charge on any atom is -0.307 e. The summed E-state index contributed by atoms with van der Waals surface area (Å²) in [5.74, 6) is 0. The van der Waals surface area contributed by atoms with Crippen molar-refractivity contribution in [1.29, 1.82) is 0 Å². The fraction of sp³-hybridized carbons (Fsp3) is 0.444. The van der Waals surface area contributed by atoms with E-state index in [9.17, 15) is 0 Å². The third-order valence-electron chi connectivity index (χ3n) is 1.73. The summed E-state index contributed by atoms with van der Waals surface area (Å²) in [6.45, 7) is 8.37. The van der Waals surface area contributed by atoms with Gasteiger partial charge in [0, 0.05) is 30.3 Å². The second-order valence-corrected chi connectivity index (χ2v) is 3.88. The van der Waals surface area contributed by atoms with E-state index in [2.05, 4.69) is 39.8 Å². The zero-order valence-electron chi connectivity index (χ0n) is 7.76. The fourth-order valence-corrected chi connectivity index (χ4v) is 1.32. The maximum Gasteiger partial charge on any atom is 0.0522 e. The Morgan fingerprint density at radius 1 is 1.77 bits per heavy atom. The van der Waals surface area contributed by atoms with Gasteiger partial charge in [-0.2, -0.15) is 5.10 Å². The van der Waals surface area contributed by atoms with E-state index in [1.807, 2.05) is 16.9 Å². The van der Waals surface area contributed by atoms with Crippen molar-refractivity contribution in [3.63, 3.8) is 0 Å². The summed E-state index contributed by atoms with van der Waals surface area (Å²) in [5.41, 5.74) is 1.20. The molecule has 0 bridgehead atoms. The van der Waals surface area contributed by atoms with Gasteiger partial charge in [0.05, 0.1) is 5.69 Å². The average molecular weight is 244 g/mol. The molecule has 0 radical (unpaired) electrons. The molecule has 1 rings (SSSR count). The maximum atomic E-state index is 4.17. The zero-order chi connectivity index (χ0) is 9.68. The first-order chi connectivity index (χ1) is 6.24. The standard InChI is InChI=1S/C9H14BrN3/c1-3-13-9(4-5-12-13)7-11-6-8(2)10/h4-5,11H,2-3,6-7H2,1H3. The average Bonchev–Trinajstić information content (AvgIpc) is 2.51. The smallest absolute Gasteiger partial charge is 0.0522 e. The van der Waals surface area contributed by atoms with Crippen molar-refractivity contribution in [3.8, 4) is 0 Å². The molecule has 0 aliphatic carbocycles. The Morgan fingerprint density at radius 3 is 3.15 bits per heavy atom. The van der Waals surface area contributed by atoms with Crippen molar-refractivity contribution >= 4 is 15.9 Å². The summed E-state index contributed by atoms with van der Waals surface area (Å²) in [6.07, 6.45) is 1.82. The van der Waals surface area contributed by atoms with E-state index in [4.69, 9.17) is 0 Å². The van der Waals surface area contributed by atoms with E-state index < -0.39 is 0 Å². The van der Waals surface area contributed by atoms with Gasteiger partial charge in [0.15, 0.2) is 0 Å². The van der Waals surface area contributed by atoms with Crippen LogP contribution in [0, 0.1) is 0 Å². The van der Waals surface area contributed by atoms with Gasteiger partial charge in [-0.05, 0) is 13.0 Å². The molecule has 72 valence electrons. The topological polar surface area (TPSA) is 29.9 Å². The Kier molecular flexibility index (Phi) is 4.18. The van der Waals surface area contributed by atoms with E-state index in [0.29, 0.717) is 0 Å². The van der Waals surface area contributed by atoms with Gasteiger partial charge in [-0.25, -0.2) is 0 Å². The van der Waals surface area contributed by atoms with Crippen LogP contribution in [0.4, 0.5) is 0 Å². The largest absolute Gasteiger partial charge is 0.307 e. The molecular formula is C9H14BrN3.